The Morgan fingerprint density at radius 2 is 1.80 bits per heavy atom. The van der Waals surface area contributed by atoms with Crippen molar-refractivity contribution in [1.82, 2.24) is 4.98 Å². The van der Waals surface area contributed by atoms with Crippen LogP contribution in [0.1, 0.15) is 11.1 Å². The van der Waals surface area contributed by atoms with E-state index in [9.17, 15) is 0 Å². The number of hydrogen-bond donors (Lipinski definition) is 1. The van der Waals surface area contributed by atoms with E-state index < -0.39 is 0 Å². The lowest BCUT2D eigenvalue weighted by Crippen LogP contribution is -2.01. The van der Waals surface area contributed by atoms with Crippen LogP contribution in [0.2, 0.25) is 0 Å². The van der Waals surface area contributed by atoms with Gasteiger partial charge < -0.3 is 5.32 Å². The van der Waals surface area contributed by atoms with Crippen molar-refractivity contribution in [1.29, 1.82) is 0 Å². The highest BCUT2D eigenvalue weighted by atomic mass is 35.5. The van der Waals surface area contributed by atoms with Gasteiger partial charge in [-0.1, -0.05) is 42.5 Å². The third kappa shape index (κ3) is 3.09. The number of pyridine rings is 1. The number of aromatic nitrogens is 1. The first-order valence-corrected chi connectivity index (χ1v) is 6.46. The second-order valence-electron chi connectivity index (χ2n) is 4.71. The Morgan fingerprint density at radius 3 is 2.65 bits per heavy atom. The number of halogens is 1. The van der Waals surface area contributed by atoms with E-state index in [1.165, 1.54) is 21.9 Å². The van der Waals surface area contributed by atoms with Crippen LogP contribution in [0.3, 0.4) is 0 Å². The molecule has 3 rings (SSSR count). The summed E-state index contributed by atoms with van der Waals surface area (Å²) in [6, 6.07) is 18.9. The summed E-state index contributed by atoms with van der Waals surface area (Å²) in [5, 5.41) is 5.96. The highest BCUT2D eigenvalue weighted by Crippen LogP contribution is 2.19. The van der Waals surface area contributed by atoms with Gasteiger partial charge in [0, 0.05) is 12.7 Å². The molecular formula is C17H17ClN2. The minimum Gasteiger partial charge on any atom is -0.366 e. The summed E-state index contributed by atoms with van der Waals surface area (Å²) in [4.78, 5) is 4.32. The molecule has 1 N–H and O–H groups in total. The van der Waals surface area contributed by atoms with Crippen LogP contribution in [0.15, 0.2) is 60.8 Å². The smallest absolute Gasteiger partial charge is 0.126 e. The van der Waals surface area contributed by atoms with Crippen LogP contribution in [0.5, 0.6) is 0 Å². The van der Waals surface area contributed by atoms with Crippen molar-refractivity contribution in [2.75, 3.05) is 5.32 Å². The molecule has 0 saturated carbocycles. The zero-order valence-electron chi connectivity index (χ0n) is 11.3. The van der Waals surface area contributed by atoms with E-state index >= 15 is 0 Å². The minimum atomic E-state index is 0. The van der Waals surface area contributed by atoms with Crippen molar-refractivity contribution in [2.24, 2.45) is 0 Å². The normalized spacial score (nSPS) is 10.1. The standard InChI is InChI=1S/C17H16N2.ClH/c1-13-9-10-18-17(11-13)19-12-15-7-4-6-14-5-2-3-8-16(14)15;/h2-11H,12H2,1H3,(H,18,19);1H. The van der Waals surface area contributed by atoms with E-state index in [0.717, 1.165) is 12.4 Å². The molecular weight excluding hydrogens is 268 g/mol. The molecule has 0 unspecified atom stereocenters. The second-order valence-corrected chi connectivity index (χ2v) is 4.71. The maximum Gasteiger partial charge on any atom is 0.126 e. The van der Waals surface area contributed by atoms with Crippen molar-refractivity contribution in [3.05, 3.63) is 71.9 Å². The van der Waals surface area contributed by atoms with Crippen molar-refractivity contribution < 1.29 is 0 Å². The van der Waals surface area contributed by atoms with Gasteiger partial charge in [-0.15, -0.1) is 12.4 Å². The number of nitrogens with zero attached hydrogens (tertiary/aromatic N) is 1. The first-order valence-electron chi connectivity index (χ1n) is 6.46. The fourth-order valence-electron chi connectivity index (χ4n) is 2.27. The summed E-state index contributed by atoms with van der Waals surface area (Å²) in [7, 11) is 0. The van der Waals surface area contributed by atoms with Gasteiger partial charge >= 0.3 is 0 Å². The van der Waals surface area contributed by atoms with Gasteiger partial charge in [-0.25, -0.2) is 4.98 Å². The van der Waals surface area contributed by atoms with Gasteiger partial charge in [0.25, 0.3) is 0 Å². The lowest BCUT2D eigenvalue weighted by Gasteiger charge is -2.09. The average Bonchev–Trinajstić information content (AvgIpc) is 2.45. The molecule has 3 aromatic rings. The maximum atomic E-state index is 4.32. The van der Waals surface area contributed by atoms with Crippen LogP contribution in [-0.2, 0) is 6.54 Å². The molecule has 2 nitrogen and oxygen atoms in total. The van der Waals surface area contributed by atoms with Crippen molar-refractivity contribution >= 4 is 29.0 Å². The Kier molecular flexibility index (Phi) is 4.59. The molecule has 1 heterocycles. The number of benzene rings is 2. The quantitative estimate of drug-likeness (QED) is 0.762. The third-order valence-corrected chi connectivity index (χ3v) is 3.26. The first-order chi connectivity index (χ1) is 9.33. The van der Waals surface area contributed by atoms with Gasteiger partial charge in [0.2, 0.25) is 0 Å². The Hall–Kier alpha value is -2.06. The van der Waals surface area contributed by atoms with Gasteiger partial charge in [0.15, 0.2) is 0 Å². The van der Waals surface area contributed by atoms with Crippen LogP contribution in [0.25, 0.3) is 10.8 Å². The first kappa shape index (κ1) is 14.4. The van der Waals surface area contributed by atoms with Gasteiger partial charge in [-0.2, -0.15) is 0 Å². The van der Waals surface area contributed by atoms with Crippen LogP contribution in [0.4, 0.5) is 5.82 Å². The van der Waals surface area contributed by atoms with Gasteiger partial charge in [-0.3, -0.25) is 0 Å². The van der Waals surface area contributed by atoms with Gasteiger partial charge in [-0.05, 0) is 41.0 Å². The number of anilines is 1. The second kappa shape index (κ2) is 6.40. The van der Waals surface area contributed by atoms with E-state index in [-0.39, 0.29) is 12.4 Å². The van der Waals surface area contributed by atoms with E-state index in [4.69, 9.17) is 0 Å². The van der Waals surface area contributed by atoms with Crippen molar-refractivity contribution in [3.8, 4) is 0 Å². The van der Waals surface area contributed by atoms with Crippen LogP contribution in [-0.4, -0.2) is 4.98 Å². The molecule has 0 saturated heterocycles. The molecule has 20 heavy (non-hydrogen) atoms. The number of aryl methyl sites for hydroxylation is 1. The number of hydrogen-bond acceptors (Lipinski definition) is 2. The zero-order valence-corrected chi connectivity index (χ0v) is 12.2. The molecule has 0 aliphatic heterocycles. The summed E-state index contributed by atoms with van der Waals surface area (Å²) >= 11 is 0. The molecule has 0 aliphatic carbocycles. The highest BCUT2D eigenvalue weighted by Gasteiger charge is 2.00. The molecule has 0 radical (unpaired) electrons. The average molecular weight is 285 g/mol. The topological polar surface area (TPSA) is 24.9 Å². The molecule has 0 fully saturated rings. The largest absolute Gasteiger partial charge is 0.366 e. The van der Waals surface area contributed by atoms with E-state index in [1.54, 1.807) is 0 Å². The minimum absolute atomic E-state index is 0. The summed E-state index contributed by atoms with van der Waals surface area (Å²) in [5.74, 6) is 0.924. The van der Waals surface area contributed by atoms with E-state index in [2.05, 4.69) is 65.8 Å². The molecule has 0 bridgehead atoms. The van der Waals surface area contributed by atoms with E-state index in [1.807, 2.05) is 12.3 Å². The molecule has 0 atom stereocenters. The Labute approximate surface area is 125 Å². The molecule has 2 aromatic carbocycles. The lowest BCUT2D eigenvalue weighted by molar-refractivity contribution is 1.12. The number of nitrogens with one attached hydrogen (secondary N) is 1. The summed E-state index contributed by atoms with van der Waals surface area (Å²) in [5.41, 5.74) is 2.51. The Balaban J connectivity index is 0.00000147. The highest BCUT2D eigenvalue weighted by molar-refractivity contribution is 5.86. The van der Waals surface area contributed by atoms with Crippen LogP contribution in [0, 0.1) is 6.92 Å². The van der Waals surface area contributed by atoms with Crippen molar-refractivity contribution in [2.45, 2.75) is 13.5 Å². The molecule has 0 spiro atoms. The number of fused-ring (bicyclic) bond motifs is 1. The maximum absolute atomic E-state index is 4.32. The molecule has 1 aromatic heterocycles. The van der Waals surface area contributed by atoms with Gasteiger partial charge in [0.1, 0.15) is 5.82 Å². The molecule has 3 heteroatoms. The van der Waals surface area contributed by atoms with Crippen LogP contribution >= 0.6 is 12.4 Å². The molecule has 0 aliphatic rings. The lowest BCUT2D eigenvalue weighted by atomic mass is 10.0. The van der Waals surface area contributed by atoms with Gasteiger partial charge in [0.05, 0.1) is 0 Å². The Bertz CT molecular complexity index is 705. The Morgan fingerprint density at radius 1 is 1.00 bits per heavy atom. The van der Waals surface area contributed by atoms with E-state index in [0.29, 0.717) is 0 Å². The molecule has 0 amide bonds. The fourth-order valence-corrected chi connectivity index (χ4v) is 2.27. The van der Waals surface area contributed by atoms with Crippen LogP contribution < -0.4 is 5.32 Å². The summed E-state index contributed by atoms with van der Waals surface area (Å²) < 4.78 is 0. The fraction of sp³-hybridized carbons (Fsp3) is 0.118. The monoisotopic (exact) mass is 284 g/mol. The SMILES string of the molecule is Cc1ccnc(NCc2cccc3ccccc23)c1.Cl. The molecule has 102 valence electrons. The third-order valence-electron chi connectivity index (χ3n) is 3.26. The van der Waals surface area contributed by atoms with Crippen molar-refractivity contribution in [3.63, 3.8) is 0 Å². The summed E-state index contributed by atoms with van der Waals surface area (Å²) in [6.07, 6.45) is 1.83. The predicted molar refractivity (Wildman–Crippen MR) is 87.5 cm³/mol. The predicted octanol–water partition coefficient (Wildman–Crippen LogP) is 4.58. The number of rotatable bonds is 3. The zero-order chi connectivity index (χ0) is 13.1. The summed E-state index contributed by atoms with van der Waals surface area (Å²) in [6.45, 7) is 2.86.